The van der Waals surface area contributed by atoms with Gasteiger partial charge in [0.25, 0.3) is 5.56 Å². The Morgan fingerprint density at radius 2 is 1.85 bits per heavy atom. The third kappa shape index (κ3) is 1.99. The van der Waals surface area contributed by atoms with Crippen molar-refractivity contribution in [3.05, 3.63) is 52.3 Å². The Morgan fingerprint density at radius 1 is 1.05 bits per heavy atom. The molecule has 0 aliphatic rings. The van der Waals surface area contributed by atoms with Crippen LogP contribution in [-0.2, 0) is 0 Å². The van der Waals surface area contributed by atoms with Gasteiger partial charge in [-0.1, -0.05) is 11.6 Å². The number of nitrogens with one attached hydrogen (secondary N) is 1. The van der Waals surface area contributed by atoms with Crippen LogP contribution in [0.15, 0.2) is 41.2 Å². The number of phenolic OH excluding ortho intramolecular Hbond substituents is 2. The molecule has 20 heavy (non-hydrogen) atoms. The molecule has 2 aromatic carbocycles. The molecule has 0 unspecified atom stereocenters. The van der Waals surface area contributed by atoms with Crippen molar-refractivity contribution < 1.29 is 10.2 Å². The molecule has 3 rings (SSSR count). The predicted octanol–water partition coefficient (Wildman–Crippen LogP) is 2.31. The summed E-state index contributed by atoms with van der Waals surface area (Å²) in [7, 11) is 0. The summed E-state index contributed by atoms with van der Waals surface area (Å²) in [6.07, 6.45) is 0. The first kappa shape index (κ1) is 12.2. The molecule has 0 spiro atoms. The van der Waals surface area contributed by atoms with E-state index < -0.39 is 0 Å². The van der Waals surface area contributed by atoms with Gasteiger partial charge in [0.05, 0.1) is 10.9 Å². The van der Waals surface area contributed by atoms with Crippen LogP contribution in [0.2, 0.25) is 0 Å². The Balaban J connectivity index is 2.24. The van der Waals surface area contributed by atoms with Crippen molar-refractivity contribution in [2.24, 2.45) is 0 Å². The molecule has 0 fully saturated rings. The maximum Gasteiger partial charge on any atom is 0.259 e. The zero-order valence-corrected chi connectivity index (χ0v) is 10.7. The van der Waals surface area contributed by atoms with E-state index in [-0.39, 0.29) is 17.1 Å². The number of benzene rings is 2. The molecule has 0 radical (unpaired) electrons. The molecule has 0 bridgehead atoms. The predicted molar refractivity (Wildman–Crippen MR) is 75.9 cm³/mol. The molecular formula is C15H12N2O3. The summed E-state index contributed by atoms with van der Waals surface area (Å²) in [5.74, 6) is -0.122. The number of phenols is 2. The van der Waals surface area contributed by atoms with E-state index in [9.17, 15) is 15.0 Å². The van der Waals surface area contributed by atoms with Gasteiger partial charge in [-0.05, 0) is 37.3 Å². The van der Waals surface area contributed by atoms with Crippen molar-refractivity contribution in [2.75, 3.05) is 0 Å². The number of aromatic nitrogens is 2. The summed E-state index contributed by atoms with van der Waals surface area (Å²) in [6, 6.07) is 9.72. The van der Waals surface area contributed by atoms with Gasteiger partial charge in [-0.3, -0.25) is 4.79 Å². The zero-order valence-electron chi connectivity index (χ0n) is 10.7. The Labute approximate surface area is 114 Å². The lowest BCUT2D eigenvalue weighted by Crippen LogP contribution is -2.09. The molecule has 1 heterocycles. The van der Waals surface area contributed by atoms with Crippen LogP contribution in [0.4, 0.5) is 0 Å². The summed E-state index contributed by atoms with van der Waals surface area (Å²) < 4.78 is 0. The SMILES string of the molecule is Cc1ccc2nc(-c3ccc(O)c(O)c3)[nH]c(=O)c2c1. The van der Waals surface area contributed by atoms with Gasteiger partial charge in [-0.25, -0.2) is 4.98 Å². The average Bonchev–Trinajstić information content (AvgIpc) is 2.42. The maximum absolute atomic E-state index is 12.1. The van der Waals surface area contributed by atoms with Crippen LogP contribution in [0.25, 0.3) is 22.3 Å². The third-order valence-electron chi connectivity index (χ3n) is 3.11. The van der Waals surface area contributed by atoms with Gasteiger partial charge in [-0.15, -0.1) is 0 Å². The number of fused-ring (bicyclic) bond motifs is 1. The van der Waals surface area contributed by atoms with E-state index in [4.69, 9.17) is 0 Å². The number of aryl methyl sites for hydroxylation is 1. The zero-order chi connectivity index (χ0) is 14.3. The fraction of sp³-hybridized carbons (Fsp3) is 0.0667. The highest BCUT2D eigenvalue weighted by atomic mass is 16.3. The number of aromatic hydroxyl groups is 2. The molecule has 0 saturated heterocycles. The quantitative estimate of drug-likeness (QED) is 0.591. The topological polar surface area (TPSA) is 86.2 Å². The second kappa shape index (κ2) is 4.38. The van der Waals surface area contributed by atoms with Crippen LogP contribution < -0.4 is 5.56 Å². The first-order valence-corrected chi connectivity index (χ1v) is 6.07. The highest BCUT2D eigenvalue weighted by Crippen LogP contribution is 2.29. The lowest BCUT2D eigenvalue weighted by molar-refractivity contribution is 0.404. The molecule has 0 saturated carbocycles. The van der Waals surface area contributed by atoms with E-state index in [0.717, 1.165) is 5.56 Å². The Bertz CT molecular complexity index is 869. The van der Waals surface area contributed by atoms with Gasteiger partial charge in [-0.2, -0.15) is 0 Å². The van der Waals surface area contributed by atoms with Crippen LogP contribution >= 0.6 is 0 Å². The van der Waals surface area contributed by atoms with Crippen molar-refractivity contribution >= 4 is 10.9 Å². The Hall–Kier alpha value is -2.82. The van der Waals surface area contributed by atoms with Gasteiger partial charge >= 0.3 is 0 Å². The maximum atomic E-state index is 12.1. The first-order chi connectivity index (χ1) is 9.54. The van der Waals surface area contributed by atoms with Crippen LogP contribution in [0, 0.1) is 6.92 Å². The number of H-pyrrole nitrogens is 1. The molecule has 0 atom stereocenters. The molecule has 0 aliphatic heterocycles. The third-order valence-corrected chi connectivity index (χ3v) is 3.11. The van der Waals surface area contributed by atoms with E-state index >= 15 is 0 Å². The highest BCUT2D eigenvalue weighted by Gasteiger charge is 2.08. The summed E-state index contributed by atoms with van der Waals surface area (Å²) >= 11 is 0. The van der Waals surface area contributed by atoms with E-state index in [1.165, 1.54) is 12.1 Å². The minimum absolute atomic E-state index is 0.215. The normalized spacial score (nSPS) is 10.8. The Kier molecular flexibility index (Phi) is 2.68. The highest BCUT2D eigenvalue weighted by molar-refractivity contribution is 5.80. The van der Waals surface area contributed by atoms with Gasteiger partial charge in [0.15, 0.2) is 11.5 Å². The minimum Gasteiger partial charge on any atom is -0.504 e. The molecule has 3 aromatic rings. The fourth-order valence-corrected chi connectivity index (χ4v) is 2.06. The molecule has 5 nitrogen and oxygen atoms in total. The van der Waals surface area contributed by atoms with Crippen molar-refractivity contribution in [3.8, 4) is 22.9 Å². The van der Waals surface area contributed by atoms with E-state index in [2.05, 4.69) is 9.97 Å². The summed E-state index contributed by atoms with van der Waals surface area (Å²) in [5.41, 5.74) is 1.86. The standard InChI is InChI=1S/C15H12N2O3/c1-8-2-4-11-10(6-8)15(20)17-14(16-11)9-3-5-12(18)13(19)7-9/h2-7,18-19H,1H3,(H,16,17,20). The minimum atomic E-state index is -0.255. The lowest BCUT2D eigenvalue weighted by Gasteiger charge is -2.05. The van der Waals surface area contributed by atoms with Crippen LogP contribution in [-0.4, -0.2) is 20.2 Å². The number of aromatic amines is 1. The Morgan fingerprint density at radius 3 is 2.60 bits per heavy atom. The molecule has 3 N–H and O–H groups in total. The fourth-order valence-electron chi connectivity index (χ4n) is 2.06. The monoisotopic (exact) mass is 268 g/mol. The molecular weight excluding hydrogens is 256 g/mol. The van der Waals surface area contributed by atoms with Crippen molar-refractivity contribution in [2.45, 2.75) is 6.92 Å². The summed E-state index contributed by atoms with van der Waals surface area (Å²) in [6.45, 7) is 1.91. The number of nitrogens with zero attached hydrogens (tertiary/aromatic N) is 1. The number of hydrogen-bond donors (Lipinski definition) is 3. The van der Waals surface area contributed by atoms with Crippen LogP contribution in [0.5, 0.6) is 11.5 Å². The smallest absolute Gasteiger partial charge is 0.259 e. The largest absolute Gasteiger partial charge is 0.504 e. The average molecular weight is 268 g/mol. The van der Waals surface area contributed by atoms with E-state index in [1.54, 1.807) is 18.2 Å². The van der Waals surface area contributed by atoms with Crippen LogP contribution in [0.1, 0.15) is 5.56 Å². The number of hydrogen-bond acceptors (Lipinski definition) is 4. The number of rotatable bonds is 1. The van der Waals surface area contributed by atoms with Gasteiger partial charge < -0.3 is 15.2 Å². The van der Waals surface area contributed by atoms with Crippen LogP contribution in [0.3, 0.4) is 0 Å². The molecule has 0 amide bonds. The summed E-state index contributed by atoms with van der Waals surface area (Å²) in [5, 5.41) is 19.3. The van der Waals surface area contributed by atoms with Crippen molar-refractivity contribution in [1.29, 1.82) is 0 Å². The van der Waals surface area contributed by atoms with Gasteiger partial charge in [0.1, 0.15) is 5.82 Å². The lowest BCUT2D eigenvalue weighted by atomic mass is 10.1. The molecule has 100 valence electrons. The van der Waals surface area contributed by atoms with E-state index in [0.29, 0.717) is 22.3 Å². The van der Waals surface area contributed by atoms with E-state index in [1.807, 2.05) is 13.0 Å². The van der Waals surface area contributed by atoms with Crippen molar-refractivity contribution in [1.82, 2.24) is 9.97 Å². The molecule has 0 aliphatic carbocycles. The molecule has 1 aromatic heterocycles. The van der Waals surface area contributed by atoms with Gasteiger partial charge in [0.2, 0.25) is 0 Å². The second-order valence-corrected chi connectivity index (χ2v) is 4.64. The first-order valence-electron chi connectivity index (χ1n) is 6.07. The van der Waals surface area contributed by atoms with Crippen molar-refractivity contribution in [3.63, 3.8) is 0 Å². The molecule has 5 heteroatoms. The summed E-state index contributed by atoms with van der Waals surface area (Å²) in [4.78, 5) is 19.1. The second-order valence-electron chi connectivity index (χ2n) is 4.64. The van der Waals surface area contributed by atoms with Gasteiger partial charge in [0, 0.05) is 5.56 Å².